The minimum Gasteiger partial charge on any atom is -0.493 e. The van der Waals surface area contributed by atoms with Crippen molar-refractivity contribution in [2.75, 3.05) is 6.61 Å². The fourth-order valence-corrected chi connectivity index (χ4v) is 1.07. The molecule has 0 aliphatic rings. The monoisotopic (exact) mass is 190 g/mol. The van der Waals surface area contributed by atoms with Crippen molar-refractivity contribution in [3.05, 3.63) is 29.8 Å². The lowest BCUT2D eigenvalue weighted by molar-refractivity contribution is 0.306. The Morgan fingerprint density at radius 1 is 1.57 bits per heavy atom. The lowest BCUT2D eigenvalue weighted by Crippen LogP contribution is -2.20. The summed E-state index contributed by atoms with van der Waals surface area (Å²) in [7, 11) is 0. The molecule has 0 saturated heterocycles. The molecule has 2 N–H and O–H groups in total. The van der Waals surface area contributed by atoms with E-state index in [0.717, 1.165) is 11.3 Å². The number of benzene rings is 1. The average molecular weight is 190 g/mol. The Kier molecular flexibility index (Phi) is 3.96. The van der Waals surface area contributed by atoms with Crippen LogP contribution in [0.25, 0.3) is 0 Å². The second-order valence-corrected chi connectivity index (χ2v) is 3.19. The van der Waals surface area contributed by atoms with E-state index in [4.69, 9.17) is 15.7 Å². The second kappa shape index (κ2) is 5.25. The van der Waals surface area contributed by atoms with E-state index in [0.29, 0.717) is 13.0 Å². The third kappa shape index (κ3) is 3.46. The highest BCUT2D eigenvalue weighted by atomic mass is 16.5. The molecule has 0 fully saturated rings. The van der Waals surface area contributed by atoms with E-state index in [2.05, 4.69) is 0 Å². The predicted molar refractivity (Wildman–Crippen MR) is 54.9 cm³/mol. The van der Waals surface area contributed by atoms with Crippen LogP contribution in [0.4, 0.5) is 0 Å². The largest absolute Gasteiger partial charge is 0.493 e. The molecule has 0 radical (unpaired) electrons. The van der Waals surface area contributed by atoms with E-state index >= 15 is 0 Å². The maximum atomic E-state index is 8.45. The summed E-state index contributed by atoms with van der Waals surface area (Å²) in [5.41, 5.74) is 6.59. The lowest BCUT2D eigenvalue weighted by Gasteiger charge is -2.07. The van der Waals surface area contributed by atoms with Gasteiger partial charge < -0.3 is 10.5 Å². The molecule has 1 atom stereocenters. The molecule has 3 heteroatoms. The minimum absolute atomic E-state index is 0.431. The summed E-state index contributed by atoms with van der Waals surface area (Å²) in [4.78, 5) is 0. The highest BCUT2D eigenvalue weighted by Gasteiger charge is 2.00. The van der Waals surface area contributed by atoms with Gasteiger partial charge in [-0.2, -0.15) is 5.26 Å². The fourth-order valence-electron chi connectivity index (χ4n) is 1.07. The molecule has 3 nitrogen and oxygen atoms in total. The quantitative estimate of drug-likeness (QED) is 0.784. The van der Waals surface area contributed by atoms with Gasteiger partial charge in [0.1, 0.15) is 5.75 Å². The molecule has 0 bridgehead atoms. The zero-order valence-corrected chi connectivity index (χ0v) is 8.23. The number of aryl methyl sites for hydroxylation is 1. The Morgan fingerprint density at radius 2 is 2.36 bits per heavy atom. The van der Waals surface area contributed by atoms with Crippen LogP contribution in [0, 0.1) is 18.3 Å². The molecule has 0 aromatic heterocycles. The molecule has 14 heavy (non-hydrogen) atoms. The molecule has 1 aromatic rings. The van der Waals surface area contributed by atoms with E-state index in [9.17, 15) is 0 Å². The summed E-state index contributed by atoms with van der Waals surface area (Å²) in [5.74, 6) is 0.829. The summed E-state index contributed by atoms with van der Waals surface area (Å²) >= 11 is 0. The number of hydrogen-bond donors (Lipinski definition) is 1. The van der Waals surface area contributed by atoms with Crippen LogP contribution in [0.5, 0.6) is 5.75 Å². The molecule has 74 valence electrons. The Hall–Kier alpha value is -1.53. The van der Waals surface area contributed by atoms with Crippen LogP contribution in [0.3, 0.4) is 0 Å². The first-order valence-electron chi connectivity index (χ1n) is 4.57. The number of nitrogens with zero attached hydrogens (tertiary/aromatic N) is 1. The van der Waals surface area contributed by atoms with Crippen molar-refractivity contribution in [1.29, 1.82) is 5.26 Å². The molecule has 0 aliphatic heterocycles. The van der Waals surface area contributed by atoms with Gasteiger partial charge in [-0.1, -0.05) is 12.1 Å². The maximum Gasteiger partial charge on any atom is 0.119 e. The van der Waals surface area contributed by atoms with Gasteiger partial charge >= 0.3 is 0 Å². The van der Waals surface area contributed by atoms with Crippen LogP contribution in [-0.4, -0.2) is 12.6 Å². The summed E-state index contributed by atoms with van der Waals surface area (Å²) in [6.45, 7) is 2.49. The first kappa shape index (κ1) is 10.6. The standard InChI is InChI=1S/C11H14N2O/c1-9-3-2-4-11(7-9)14-6-5-10(13)8-12/h2-4,7,10H,5-6,13H2,1H3. The molecule has 0 heterocycles. The Balaban J connectivity index is 2.36. The molecular formula is C11H14N2O. The van der Waals surface area contributed by atoms with Crippen LogP contribution in [0.2, 0.25) is 0 Å². The highest BCUT2D eigenvalue weighted by molar-refractivity contribution is 5.27. The summed E-state index contributed by atoms with van der Waals surface area (Å²) in [6, 6.07) is 9.33. The smallest absolute Gasteiger partial charge is 0.119 e. The summed E-state index contributed by atoms with van der Waals surface area (Å²) in [5, 5.41) is 8.45. The van der Waals surface area contributed by atoms with Gasteiger partial charge in [-0.3, -0.25) is 0 Å². The Bertz CT molecular complexity index is 330. The minimum atomic E-state index is -0.431. The molecule has 0 saturated carbocycles. The zero-order valence-electron chi connectivity index (χ0n) is 8.23. The van der Waals surface area contributed by atoms with Crippen LogP contribution >= 0.6 is 0 Å². The summed E-state index contributed by atoms with van der Waals surface area (Å²) in [6.07, 6.45) is 0.560. The van der Waals surface area contributed by atoms with Crippen LogP contribution in [0.1, 0.15) is 12.0 Å². The number of ether oxygens (including phenoxy) is 1. The van der Waals surface area contributed by atoms with Crippen molar-refractivity contribution in [1.82, 2.24) is 0 Å². The van der Waals surface area contributed by atoms with E-state index < -0.39 is 6.04 Å². The van der Waals surface area contributed by atoms with E-state index in [1.165, 1.54) is 0 Å². The molecule has 0 amide bonds. The normalized spacial score (nSPS) is 11.8. The van der Waals surface area contributed by atoms with E-state index in [-0.39, 0.29) is 0 Å². The molecule has 1 rings (SSSR count). The molecule has 1 unspecified atom stereocenters. The van der Waals surface area contributed by atoms with Crippen molar-refractivity contribution >= 4 is 0 Å². The fraction of sp³-hybridized carbons (Fsp3) is 0.364. The number of nitriles is 1. The Labute approximate surface area is 84.1 Å². The van der Waals surface area contributed by atoms with Gasteiger partial charge in [-0.25, -0.2) is 0 Å². The van der Waals surface area contributed by atoms with Crippen molar-refractivity contribution in [2.45, 2.75) is 19.4 Å². The Morgan fingerprint density at radius 3 is 3.00 bits per heavy atom. The van der Waals surface area contributed by atoms with Crippen molar-refractivity contribution in [3.8, 4) is 11.8 Å². The lowest BCUT2D eigenvalue weighted by atomic mass is 10.2. The van der Waals surface area contributed by atoms with Gasteiger partial charge in [0.25, 0.3) is 0 Å². The topological polar surface area (TPSA) is 59.0 Å². The number of rotatable bonds is 4. The predicted octanol–water partition coefficient (Wildman–Crippen LogP) is 1.61. The highest BCUT2D eigenvalue weighted by Crippen LogP contribution is 2.12. The third-order valence-corrected chi connectivity index (χ3v) is 1.85. The number of hydrogen-bond acceptors (Lipinski definition) is 3. The third-order valence-electron chi connectivity index (χ3n) is 1.85. The molecule has 0 spiro atoms. The van der Waals surface area contributed by atoms with Gasteiger partial charge in [0.15, 0.2) is 0 Å². The van der Waals surface area contributed by atoms with Gasteiger partial charge in [0.05, 0.1) is 18.7 Å². The second-order valence-electron chi connectivity index (χ2n) is 3.19. The van der Waals surface area contributed by atoms with Crippen molar-refractivity contribution < 1.29 is 4.74 Å². The first-order valence-corrected chi connectivity index (χ1v) is 4.57. The van der Waals surface area contributed by atoms with Gasteiger partial charge in [-0.15, -0.1) is 0 Å². The van der Waals surface area contributed by atoms with Gasteiger partial charge in [-0.05, 0) is 24.6 Å². The van der Waals surface area contributed by atoms with Gasteiger partial charge in [0, 0.05) is 6.42 Å². The van der Waals surface area contributed by atoms with Crippen molar-refractivity contribution in [3.63, 3.8) is 0 Å². The summed E-state index contributed by atoms with van der Waals surface area (Å²) < 4.78 is 5.43. The first-order chi connectivity index (χ1) is 6.72. The molecular weight excluding hydrogens is 176 g/mol. The SMILES string of the molecule is Cc1cccc(OCCC(N)C#N)c1. The zero-order chi connectivity index (χ0) is 10.4. The molecule has 0 aliphatic carbocycles. The van der Waals surface area contributed by atoms with E-state index in [1.807, 2.05) is 37.3 Å². The van der Waals surface area contributed by atoms with Gasteiger partial charge in [0.2, 0.25) is 0 Å². The van der Waals surface area contributed by atoms with Crippen molar-refractivity contribution in [2.24, 2.45) is 5.73 Å². The van der Waals surface area contributed by atoms with Crippen LogP contribution < -0.4 is 10.5 Å². The maximum absolute atomic E-state index is 8.45. The average Bonchev–Trinajstić information content (AvgIpc) is 2.17. The van der Waals surface area contributed by atoms with Crippen LogP contribution in [-0.2, 0) is 0 Å². The van der Waals surface area contributed by atoms with Crippen LogP contribution in [0.15, 0.2) is 24.3 Å². The molecule has 1 aromatic carbocycles. The van der Waals surface area contributed by atoms with E-state index in [1.54, 1.807) is 0 Å². The number of nitrogens with two attached hydrogens (primary N) is 1.